The number of halogens is 1. The number of carbonyl (C=O) groups excluding carboxylic acids is 1. The molecular weight excluding hydrogens is 364 g/mol. The second-order valence-electron chi connectivity index (χ2n) is 6.79. The van der Waals surface area contributed by atoms with Gasteiger partial charge in [0, 0.05) is 42.1 Å². The lowest BCUT2D eigenvalue weighted by molar-refractivity contribution is -0.135. The van der Waals surface area contributed by atoms with E-state index in [-0.39, 0.29) is 23.2 Å². The summed E-state index contributed by atoms with van der Waals surface area (Å²) in [5.74, 6) is 0.774. The topological polar surface area (TPSA) is 92.2 Å². The van der Waals surface area contributed by atoms with Crippen LogP contribution >= 0.6 is 11.6 Å². The van der Waals surface area contributed by atoms with Crippen LogP contribution in [0.4, 0.5) is 5.82 Å². The van der Waals surface area contributed by atoms with Gasteiger partial charge in [-0.15, -0.1) is 0 Å². The largest absolute Gasteiger partial charge is 0.497 e. The van der Waals surface area contributed by atoms with E-state index in [1.807, 2.05) is 13.8 Å². The maximum atomic E-state index is 12.5. The zero-order valence-corrected chi connectivity index (χ0v) is 16.3. The molecule has 0 bridgehead atoms. The number of rotatable bonds is 3. The summed E-state index contributed by atoms with van der Waals surface area (Å²) in [6.45, 7) is 4.71. The van der Waals surface area contributed by atoms with Crippen LogP contribution in [0.25, 0.3) is 11.1 Å². The maximum Gasteiger partial charge on any atom is 0.225 e. The highest BCUT2D eigenvalue weighted by molar-refractivity contribution is 6.33. The molecule has 0 aliphatic carbocycles. The first-order chi connectivity index (χ1) is 12.9. The number of anilines is 1. The molecule has 1 aliphatic heterocycles. The van der Waals surface area contributed by atoms with E-state index in [4.69, 9.17) is 22.1 Å². The average Bonchev–Trinajstić information content (AvgIpc) is 2.66. The monoisotopic (exact) mass is 384 g/mol. The Kier molecular flexibility index (Phi) is 5.24. The van der Waals surface area contributed by atoms with Crippen molar-refractivity contribution >= 4 is 23.3 Å². The lowest BCUT2D eigenvalue weighted by Gasteiger charge is -2.32. The Morgan fingerprint density at radius 3 is 2.78 bits per heavy atom. The third kappa shape index (κ3) is 3.43. The summed E-state index contributed by atoms with van der Waals surface area (Å²) in [5, 5.41) is 10.1. The zero-order chi connectivity index (χ0) is 19.7. The molecule has 1 amide bonds. The van der Waals surface area contributed by atoms with Gasteiger partial charge in [0.2, 0.25) is 5.91 Å². The molecule has 2 heterocycles. The van der Waals surface area contributed by atoms with E-state index < -0.39 is 0 Å². The summed E-state index contributed by atoms with van der Waals surface area (Å²) in [6.07, 6.45) is 0.588. The number of nitrogen functional groups attached to an aromatic ring is 1. The van der Waals surface area contributed by atoms with Crippen LogP contribution in [0.2, 0.25) is 5.02 Å². The van der Waals surface area contributed by atoms with E-state index in [0.717, 1.165) is 11.3 Å². The standard InChI is InChI=1S/C20H21ClN4O2/c1-11(2)20(26)25-7-6-17-15(10-25)18(14(9-22)19(23)24-17)13-5-4-12(27-3)8-16(13)21/h4-5,8,11H,6-7,10H2,1-3H3,(H2,23,24). The molecule has 6 nitrogen and oxygen atoms in total. The lowest BCUT2D eigenvalue weighted by atomic mass is 9.90. The summed E-state index contributed by atoms with van der Waals surface area (Å²) in [6, 6.07) is 7.44. The van der Waals surface area contributed by atoms with E-state index in [0.29, 0.717) is 41.4 Å². The van der Waals surface area contributed by atoms with Gasteiger partial charge in [0.25, 0.3) is 0 Å². The van der Waals surface area contributed by atoms with Crippen molar-refractivity contribution in [2.75, 3.05) is 19.4 Å². The molecule has 2 aromatic rings. The predicted molar refractivity (Wildman–Crippen MR) is 104 cm³/mol. The number of hydrogen-bond acceptors (Lipinski definition) is 5. The summed E-state index contributed by atoms with van der Waals surface area (Å²) in [7, 11) is 1.56. The van der Waals surface area contributed by atoms with Crippen LogP contribution in [-0.4, -0.2) is 29.4 Å². The first-order valence-electron chi connectivity index (χ1n) is 8.71. The number of methoxy groups -OCH3 is 1. The molecule has 0 fully saturated rings. The molecule has 2 N–H and O–H groups in total. The van der Waals surface area contributed by atoms with Gasteiger partial charge < -0.3 is 15.4 Å². The number of fused-ring (bicyclic) bond motifs is 1. The molecule has 1 aliphatic rings. The van der Waals surface area contributed by atoms with Crippen LogP contribution < -0.4 is 10.5 Å². The first kappa shape index (κ1) is 19.0. The number of hydrogen-bond donors (Lipinski definition) is 1. The van der Waals surface area contributed by atoms with Crippen LogP contribution in [0.5, 0.6) is 5.75 Å². The normalized spacial score (nSPS) is 13.3. The summed E-state index contributed by atoms with van der Waals surface area (Å²) in [5.41, 5.74) is 9.30. The molecule has 0 saturated carbocycles. The van der Waals surface area contributed by atoms with Gasteiger partial charge in [0.05, 0.1) is 17.8 Å². The fourth-order valence-electron chi connectivity index (χ4n) is 3.37. The molecule has 0 spiro atoms. The molecule has 0 unspecified atom stereocenters. The number of pyridine rings is 1. The van der Waals surface area contributed by atoms with Gasteiger partial charge in [0.1, 0.15) is 23.2 Å². The van der Waals surface area contributed by atoms with Gasteiger partial charge in [-0.1, -0.05) is 25.4 Å². The Morgan fingerprint density at radius 1 is 1.44 bits per heavy atom. The third-order valence-electron chi connectivity index (χ3n) is 4.74. The molecule has 1 aromatic carbocycles. The zero-order valence-electron chi connectivity index (χ0n) is 15.5. The van der Waals surface area contributed by atoms with Gasteiger partial charge in [-0.2, -0.15) is 5.26 Å². The number of nitrogens with two attached hydrogens (primary N) is 1. The minimum atomic E-state index is -0.100. The number of aromatic nitrogens is 1. The molecule has 27 heavy (non-hydrogen) atoms. The highest BCUT2D eigenvalue weighted by atomic mass is 35.5. The highest BCUT2D eigenvalue weighted by Crippen LogP contribution is 2.39. The SMILES string of the molecule is COc1ccc(-c2c(C#N)c(N)nc3c2CN(C(=O)C(C)C)CC3)c(Cl)c1. The van der Waals surface area contributed by atoms with Gasteiger partial charge in [-0.25, -0.2) is 4.98 Å². The van der Waals surface area contributed by atoms with Gasteiger partial charge >= 0.3 is 0 Å². The minimum absolute atomic E-state index is 0.0720. The summed E-state index contributed by atoms with van der Waals surface area (Å²) in [4.78, 5) is 18.7. The highest BCUT2D eigenvalue weighted by Gasteiger charge is 2.29. The second-order valence-corrected chi connectivity index (χ2v) is 7.20. The molecule has 140 valence electrons. The van der Waals surface area contributed by atoms with E-state index in [1.165, 1.54) is 0 Å². The van der Waals surface area contributed by atoms with Crippen molar-refractivity contribution < 1.29 is 9.53 Å². The van der Waals surface area contributed by atoms with E-state index in [1.54, 1.807) is 30.2 Å². The number of nitrogens with zero attached hydrogens (tertiary/aromatic N) is 3. The molecule has 0 atom stereocenters. The number of carbonyl (C=O) groups is 1. The van der Waals surface area contributed by atoms with Crippen molar-refractivity contribution in [3.63, 3.8) is 0 Å². The number of benzene rings is 1. The van der Waals surface area contributed by atoms with E-state index >= 15 is 0 Å². The van der Waals surface area contributed by atoms with Crippen LogP contribution in [0.1, 0.15) is 30.7 Å². The minimum Gasteiger partial charge on any atom is -0.497 e. The second kappa shape index (κ2) is 7.45. The molecule has 3 rings (SSSR count). The molecule has 0 radical (unpaired) electrons. The quantitative estimate of drug-likeness (QED) is 0.875. The van der Waals surface area contributed by atoms with Gasteiger partial charge in [-0.05, 0) is 18.2 Å². The molecule has 0 saturated heterocycles. The maximum absolute atomic E-state index is 12.5. The van der Waals surface area contributed by atoms with E-state index in [2.05, 4.69) is 11.1 Å². The Balaban J connectivity index is 2.21. The van der Waals surface area contributed by atoms with Crippen molar-refractivity contribution in [2.24, 2.45) is 5.92 Å². The fraction of sp³-hybridized carbons (Fsp3) is 0.350. The Hall–Kier alpha value is -2.78. The van der Waals surface area contributed by atoms with Gasteiger partial charge in [0.15, 0.2) is 0 Å². The molecule has 1 aromatic heterocycles. The fourth-order valence-corrected chi connectivity index (χ4v) is 3.63. The van der Waals surface area contributed by atoms with Crippen LogP contribution in [-0.2, 0) is 17.8 Å². The average molecular weight is 385 g/mol. The summed E-state index contributed by atoms with van der Waals surface area (Å²) < 4.78 is 5.21. The van der Waals surface area contributed by atoms with Crippen molar-refractivity contribution in [1.29, 1.82) is 5.26 Å². The van der Waals surface area contributed by atoms with Crippen molar-refractivity contribution in [3.05, 3.63) is 40.0 Å². The Bertz CT molecular complexity index is 950. The number of amides is 1. The third-order valence-corrected chi connectivity index (χ3v) is 5.05. The van der Waals surface area contributed by atoms with Gasteiger partial charge in [-0.3, -0.25) is 4.79 Å². The Morgan fingerprint density at radius 2 is 2.19 bits per heavy atom. The van der Waals surface area contributed by atoms with Crippen LogP contribution in [0.3, 0.4) is 0 Å². The number of ether oxygens (including phenoxy) is 1. The van der Waals surface area contributed by atoms with Crippen molar-refractivity contribution in [2.45, 2.75) is 26.8 Å². The van der Waals surface area contributed by atoms with Crippen LogP contribution in [0, 0.1) is 17.2 Å². The van der Waals surface area contributed by atoms with Crippen molar-refractivity contribution in [1.82, 2.24) is 9.88 Å². The smallest absolute Gasteiger partial charge is 0.225 e. The van der Waals surface area contributed by atoms with E-state index in [9.17, 15) is 10.1 Å². The molecule has 7 heteroatoms. The number of nitriles is 1. The Labute approximate surface area is 163 Å². The first-order valence-corrected chi connectivity index (χ1v) is 9.09. The van der Waals surface area contributed by atoms with Crippen LogP contribution in [0.15, 0.2) is 18.2 Å². The summed E-state index contributed by atoms with van der Waals surface area (Å²) >= 11 is 6.48. The predicted octanol–water partition coefficient (Wildman–Crippen LogP) is 3.41. The lowest BCUT2D eigenvalue weighted by Crippen LogP contribution is -2.39. The van der Waals surface area contributed by atoms with Crippen molar-refractivity contribution in [3.8, 4) is 22.9 Å². The molecular formula is C20H21ClN4O2.